The number of nitrogens with zero attached hydrogens (tertiary/aromatic N) is 4. The molecule has 1 spiro atoms. The lowest BCUT2D eigenvalue weighted by Crippen LogP contribution is -2.65. The number of carbonyl (C=O) groups excluding carboxylic acids is 1. The van der Waals surface area contributed by atoms with Gasteiger partial charge in [0.2, 0.25) is 11.8 Å². The number of aromatic nitrogens is 3. The summed E-state index contributed by atoms with van der Waals surface area (Å²) in [4.78, 5) is 27.7. The lowest BCUT2D eigenvalue weighted by atomic mass is 9.74. The van der Waals surface area contributed by atoms with Crippen LogP contribution < -0.4 is 15.0 Å². The number of rotatable bonds is 4. The zero-order chi connectivity index (χ0) is 21.2. The molecule has 0 bridgehead atoms. The first kappa shape index (κ1) is 20.5. The molecule has 4 heterocycles. The van der Waals surface area contributed by atoms with Crippen molar-refractivity contribution >= 4 is 11.9 Å². The number of aliphatic hydroxyl groups is 1. The Hall–Kier alpha value is -2.78. The van der Waals surface area contributed by atoms with Crippen LogP contribution in [0.2, 0.25) is 0 Å². The van der Waals surface area contributed by atoms with Crippen LogP contribution in [0.15, 0.2) is 36.8 Å². The van der Waals surface area contributed by atoms with Crippen LogP contribution in [0.3, 0.4) is 0 Å². The fourth-order valence-corrected chi connectivity index (χ4v) is 4.29. The van der Waals surface area contributed by atoms with E-state index in [0.717, 1.165) is 25.9 Å². The first-order valence-electron chi connectivity index (χ1n) is 10.1. The Balaban J connectivity index is 1.45. The fourth-order valence-electron chi connectivity index (χ4n) is 4.29. The molecular formula is C21H27N5O4. The Morgan fingerprint density at radius 2 is 2.00 bits per heavy atom. The number of piperidine rings is 1. The van der Waals surface area contributed by atoms with E-state index in [1.807, 2.05) is 6.92 Å². The van der Waals surface area contributed by atoms with Gasteiger partial charge >= 0.3 is 0 Å². The van der Waals surface area contributed by atoms with Gasteiger partial charge in [0, 0.05) is 49.7 Å². The van der Waals surface area contributed by atoms with Gasteiger partial charge in [-0.2, -0.15) is 0 Å². The van der Waals surface area contributed by atoms with Gasteiger partial charge in [-0.05, 0) is 31.9 Å². The molecule has 160 valence electrons. The first-order chi connectivity index (χ1) is 14.4. The number of nitrogens with one attached hydrogen (secondary N) is 1. The van der Waals surface area contributed by atoms with Crippen LogP contribution in [0.4, 0.5) is 5.95 Å². The van der Waals surface area contributed by atoms with E-state index in [4.69, 9.17) is 9.47 Å². The lowest BCUT2D eigenvalue weighted by molar-refractivity contribution is -0.167. The van der Waals surface area contributed by atoms with E-state index in [1.54, 1.807) is 30.6 Å². The van der Waals surface area contributed by atoms with E-state index in [1.165, 1.54) is 13.3 Å². The van der Waals surface area contributed by atoms with Crippen molar-refractivity contribution in [1.29, 1.82) is 0 Å². The molecule has 9 heteroatoms. The van der Waals surface area contributed by atoms with Crippen LogP contribution in [-0.4, -0.2) is 70.0 Å². The summed E-state index contributed by atoms with van der Waals surface area (Å²) in [7, 11) is 1.50. The molecule has 2 fully saturated rings. The lowest BCUT2D eigenvalue weighted by Gasteiger charge is -2.52. The molecule has 2 aliphatic rings. The predicted octanol–water partition coefficient (Wildman–Crippen LogP) is 1.19. The third kappa shape index (κ3) is 4.08. The fraction of sp³-hybridized carbons (Fsp3) is 0.524. The smallest absolute Gasteiger partial charge is 0.252 e. The normalized spacial score (nSPS) is 25.7. The Morgan fingerprint density at radius 3 is 2.70 bits per heavy atom. The van der Waals surface area contributed by atoms with Crippen molar-refractivity contribution in [3.05, 3.63) is 42.4 Å². The van der Waals surface area contributed by atoms with Crippen LogP contribution in [0.5, 0.6) is 5.88 Å². The molecule has 2 N–H and O–H groups in total. The Labute approximate surface area is 175 Å². The zero-order valence-corrected chi connectivity index (χ0v) is 17.2. The number of aliphatic hydroxyl groups excluding tert-OH is 1. The minimum atomic E-state index is -0.808. The monoisotopic (exact) mass is 413 g/mol. The van der Waals surface area contributed by atoms with E-state index >= 15 is 0 Å². The van der Waals surface area contributed by atoms with Crippen molar-refractivity contribution < 1.29 is 19.4 Å². The molecule has 2 aromatic rings. The molecule has 30 heavy (non-hydrogen) atoms. The standard InChI is InChI=1S/C21H27N5O4/c1-20(25-18(28)15-4-9-22-17(12-15)29-2)14-21(30-13-16(20)27)5-10-26(11-6-21)19-23-7-3-8-24-19/h3-4,7-9,12,16,27H,5-6,10-11,13-14H2,1-2H3,(H,25,28)/t16-,20-/m1/s1. The number of anilines is 1. The number of amides is 1. The molecule has 2 aliphatic heterocycles. The maximum absolute atomic E-state index is 12.9. The molecule has 0 radical (unpaired) electrons. The quantitative estimate of drug-likeness (QED) is 0.769. The highest BCUT2D eigenvalue weighted by Gasteiger charge is 2.50. The molecule has 2 atom stereocenters. The van der Waals surface area contributed by atoms with Crippen LogP contribution in [0.1, 0.15) is 36.5 Å². The highest BCUT2D eigenvalue weighted by Crippen LogP contribution is 2.40. The van der Waals surface area contributed by atoms with Crippen molar-refractivity contribution in [2.45, 2.75) is 43.4 Å². The van der Waals surface area contributed by atoms with Gasteiger partial charge < -0.3 is 24.8 Å². The second-order valence-electron chi connectivity index (χ2n) is 8.18. The number of hydrogen-bond acceptors (Lipinski definition) is 8. The third-order valence-electron chi connectivity index (χ3n) is 6.09. The molecule has 4 rings (SSSR count). The Kier molecular flexibility index (Phi) is 5.57. The van der Waals surface area contributed by atoms with Gasteiger partial charge in [0.05, 0.1) is 24.9 Å². The van der Waals surface area contributed by atoms with E-state index in [2.05, 4.69) is 25.2 Å². The summed E-state index contributed by atoms with van der Waals surface area (Å²) in [5, 5.41) is 13.7. The van der Waals surface area contributed by atoms with Crippen molar-refractivity contribution in [3.63, 3.8) is 0 Å². The molecule has 2 aromatic heterocycles. The summed E-state index contributed by atoms with van der Waals surface area (Å²) in [5.74, 6) is 0.808. The van der Waals surface area contributed by atoms with Gasteiger partial charge in [-0.15, -0.1) is 0 Å². The summed E-state index contributed by atoms with van der Waals surface area (Å²) in [6.45, 7) is 3.57. The van der Waals surface area contributed by atoms with E-state index in [9.17, 15) is 9.90 Å². The molecule has 2 saturated heterocycles. The maximum Gasteiger partial charge on any atom is 0.252 e. The Morgan fingerprint density at radius 1 is 1.27 bits per heavy atom. The molecular weight excluding hydrogens is 386 g/mol. The highest BCUT2D eigenvalue weighted by molar-refractivity contribution is 5.94. The van der Waals surface area contributed by atoms with Gasteiger partial charge in [0.1, 0.15) is 6.10 Å². The summed E-state index contributed by atoms with van der Waals surface area (Å²) in [6, 6.07) is 5.01. The largest absolute Gasteiger partial charge is 0.481 e. The number of hydrogen-bond donors (Lipinski definition) is 2. The SMILES string of the molecule is COc1cc(C(=O)N[C@]2(C)CC3(CCN(c4ncccn4)CC3)OC[C@H]2O)ccn1. The third-order valence-corrected chi connectivity index (χ3v) is 6.09. The van der Waals surface area contributed by atoms with Crippen molar-refractivity contribution in [2.75, 3.05) is 31.7 Å². The van der Waals surface area contributed by atoms with Crippen LogP contribution >= 0.6 is 0 Å². The van der Waals surface area contributed by atoms with Gasteiger partial charge in [0.15, 0.2) is 0 Å². The second kappa shape index (κ2) is 8.16. The van der Waals surface area contributed by atoms with Gasteiger partial charge in [-0.1, -0.05) is 0 Å². The first-order valence-corrected chi connectivity index (χ1v) is 10.1. The van der Waals surface area contributed by atoms with Crippen molar-refractivity contribution in [2.24, 2.45) is 0 Å². The minimum absolute atomic E-state index is 0.179. The summed E-state index contributed by atoms with van der Waals surface area (Å²) < 4.78 is 11.2. The predicted molar refractivity (Wildman–Crippen MR) is 109 cm³/mol. The minimum Gasteiger partial charge on any atom is -0.481 e. The Bertz CT molecular complexity index is 888. The molecule has 0 saturated carbocycles. The number of methoxy groups -OCH3 is 1. The van der Waals surface area contributed by atoms with Crippen LogP contribution in [0, 0.1) is 0 Å². The average Bonchev–Trinajstić information content (AvgIpc) is 2.78. The number of pyridine rings is 1. The number of carbonyl (C=O) groups is 1. The van der Waals surface area contributed by atoms with Crippen LogP contribution in [0.25, 0.3) is 0 Å². The molecule has 0 unspecified atom stereocenters. The molecule has 1 amide bonds. The van der Waals surface area contributed by atoms with E-state index in [0.29, 0.717) is 23.8 Å². The van der Waals surface area contributed by atoms with Gasteiger partial charge in [0.25, 0.3) is 5.91 Å². The summed E-state index contributed by atoms with van der Waals surface area (Å²) in [5.41, 5.74) is -0.772. The van der Waals surface area contributed by atoms with Gasteiger partial charge in [-0.3, -0.25) is 4.79 Å². The molecule has 9 nitrogen and oxygen atoms in total. The molecule has 0 aromatic carbocycles. The zero-order valence-electron chi connectivity index (χ0n) is 17.2. The highest BCUT2D eigenvalue weighted by atomic mass is 16.5. The number of ether oxygens (including phenoxy) is 2. The van der Waals surface area contributed by atoms with Gasteiger partial charge in [-0.25, -0.2) is 15.0 Å². The summed E-state index contributed by atoms with van der Waals surface area (Å²) >= 11 is 0. The van der Waals surface area contributed by atoms with Crippen molar-refractivity contribution in [1.82, 2.24) is 20.3 Å². The maximum atomic E-state index is 12.9. The molecule has 0 aliphatic carbocycles. The van der Waals surface area contributed by atoms with E-state index in [-0.39, 0.29) is 12.5 Å². The second-order valence-corrected chi connectivity index (χ2v) is 8.18. The van der Waals surface area contributed by atoms with E-state index < -0.39 is 17.2 Å². The van der Waals surface area contributed by atoms with Crippen molar-refractivity contribution in [3.8, 4) is 5.88 Å². The average molecular weight is 413 g/mol. The van der Waals surface area contributed by atoms with Crippen LogP contribution in [-0.2, 0) is 4.74 Å². The summed E-state index contributed by atoms with van der Waals surface area (Å²) in [6.07, 6.45) is 6.27. The topological polar surface area (TPSA) is 110 Å².